The molecule has 0 aromatic carbocycles. The highest BCUT2D eigenvalue weighted by Gasteiger charge is 2.15. The van der Waals surface area contributed by atoms with Crippen LogP contribution in [-0.4, -0.2) is 20.1 Å². The first-order chi connectivity index (χ1) is 7.70. The Labute approximate surface area is 101 Å². The zero-order chi connectivity index (χ0) is 11.5. The number of rotatable bonds is 3. The summed E-state index contributed by atoms with van der Waals surface area (Å²) in [6.07, 6.45) is 2.57. The van der Waals surface area contributed by atoms with Crippen LogP contribution in [0.2, 0.25) is 0 Å². The van der Waals surface area contributed by atoms with Gasteiger partial charge in [-0.15, -0.1) is 0 Å². The Bertz CT molecular complexity index is 485. The van der Waals surface area contributed by atoms with Crippen LogP contribution in [0, 0.1) is 6.92 Å². The summed E-state index contributed by atoms with van der Waals surface area (Å²) in [5.74, 6) is 1.77. The van der Waals surface area contributed by atoms with Crippen LogP contribution >= 0.6 is 15.9 Å². The summed E-state index contributed by atoms with van der Waals surface area (Å²) in [7, 11) is 0. The van der Waals surface area contributed by atoms with Crippen molar-refractivity contribution in [3.05, 3.63) is 24.0 Å². The van der Waals surface area contributed by atoms with Crippen molar-refractivity contribution in [1.82, 2.24) is 20.1 Å². The fraction of sp³-hybridized carbons (Fsp3) is 0.400. The van der Waals surface area contributed by atoms with Crippen LogP contribution in [0.15, 0.2) is 16.8 Å². The lowest BCUT2D eigenvalue weighted by Gasteiger charge is -1.96. The van der Waals surface area contributed by atoms with Crippen molar-refractivity contribution in [2.45, 2.75) is 25.1 Å². The molecule has 0 N–H and O–H groups in total. The average Bonchev–Trinajstić information content (AvgIpc) is 2.77. The molecule has 6 heteroatoms. The fourth-order valence-electron chi connectivity index (χ4n) is 1.22. The molecule has 0 saturated carbocycles. The Morgan fingerprint density at radius 1 is 1.44 bits per heavy atom. The van der Waals surface area contributed by atoms with Gasteiger partial charge in [0.2, 0.25) is 11.7 Å². The Kier molecular flexibility index (Phi) is 3.28. The van der Waals surface area contributed by atoms with Gasteiger partial charge in [-0.05, 0) is 19.4 Å². The molecule has 0 spiro atoms. The predicted molar refractivity (Wildman–Crippen MR) is 62.0 cm³/mol. The summed E-state index contributed by atoms with van der Waals surface area (Å²) in [4.78, 5) is 12.6. The maximum absolute atomic E-state index is 5.14. The van der Waals surface area contributed by atoms with Crippen LogP contribution in [0.4, 0.5) is 0 Å². The molecule has 1 unspecified atom stereocenters. The third-order valence-corrected chi connectivity index (χ3v) is 3.11. The predicted octanol–water partition coefficient (Wildman–Crippen LogP) is 2.68. The van der Waals surface area contributed by atoms with Gasteiger partial charge in [0.1, 0.15) is 11.5 Å². The Balaban J connectivity index is 2.31. The lowest BCUT2D eigenvalue weighted by Crippen LogP contribution is -1.92. The molecule has 2 aromatic rings. The van der Waals surface area contributed by atoms with Crippen molar-refractivity contribution in [2.75, 3.05) is 0 Å². The van der Waals surface area contributed by atoms with Crippen molar-refractivity contribution in [2.24, 2.45) is 0 Å². The average molecular weight is 283 g/mol. The topological polar surface area (TPSA) is 64.7 Å². The minimum absolute atomic E-state index is 0.0942. The molecule has 0 bridgehead atoms. The van der Waals surface area contributed by atoms with Gasteiger partial charge in [0.25, 0.3) is 0 Å². The van der Waals surface area contributed by atoms with Crippen LogP contribution < -0.4 is 0 Å². The minimum atomic E-state index is 0.0942. The first kappa shape index (κ1) is 11.2. The highest BCUT2D eigenvalue weighted by atomic mass is 79.9. The molecular weight excluding hydrogens is 272 g/mol. The Morgan fingerprint density at radius 3 is 2.94 bits per heavy atom. The normalized spacial score (nSPS) is 12.7. The van der Waals surface area contributed by atoms with Gasteiger partial charge < -0.3 is 4.52 Å². The first-order valence-electron chi connectivity index (χ1n) is 4.98. The van der Waals surface area contributed by atoms with Crippen molar-refractivity contribution in [3.63, 3.8) is 0 Å². The second kappa shape index (κ2) is 4.69. The second-order valence-corrected chi connectivity index (χ2v) is 4.43. The largest absolute Gasteiger partial charge is 0.338 e. The summed E-state index contributed by atoms with van der Waals surface area (Å²) in [5.41, 5.74) is 0.679. The molecule has 84 valence electrons. The number of halogens is 1. The molecule has 1 atom stereocenters. The Hall–Kier alpha value is -1.30. The standard InChI is InChI=1S/C10H11BrN4O/c1-3-7(11)10-14-9(15-16-10)8-4-5-12-6(2)13-8/h4-5,7H,3H2,1-2H3. The van der Waals surface area contributed by atoms with Crippen LogP contribution in [0.1, 0.15) is 29.9 Å². The molecule has 0 radical (unpaired) electrons. The minimum Gasteiger partial charge on any atom is -0.338 e. The molecule has 2 rings (SSSR count). The summed E-state index contributed by atoms with van der Waals surface area (Å²) >= 11 is 3.46. The first-order valence-corrected chi connectivity index (χ1v) is 5.90. The van der Waals surface area contributed by atoms with Crippen molar-refractivity contribution < 1.29 is 4.52 Å². The van der Waals surface area contributed by atoms with Gasteiger partial charge in [-0.2, -0.15) is 4.98 Å². The van der Waals surface area contributed by atoms with Gasteiger partial charge in [-0.3, -0.25) is 0 Å². The molecule has 0 fully saturated rings. The van der Waals surface area contributed by atoms with E-state index in [4.69, 9.17) is 4.52 Å². The zero-order valence-corrected chi connectivity index (χ0v) is 10.6. The molecule has 2 aromatic heterocycles. The molecule has 16 heavy (non-hydrogen) atoms. The van der Waals surface area contributed by atoms with Crippen molar-refractivity contribution >= 4 is 15.9 Å². The molecular formula is C10H11BrN4O. The summed E-state index contributed by atoms with van der Waals surface area (Å²) in [6, 6.07) is 1.76. The Morgan fingerprint density at radius 2 is 2.25 bits per heavy atom. The van der Waals surface area contributed by atoms with E-state index in [-0.39, 0.29) is 4.83 Å². The highest BCUT2D eigenvalue weighted by Crippen LogP contribution is 2.25. The molecule has 0 amide bonds. The molecule has 0 aliphatic rings. The third-order valence-electron chi connectivity index (χ3n) is 2.07. The van der Waals surface area contributed by atoms with E-state index in [0.29, 0.717) is 23.2 Å². The van der Waals surface area contributed by atoms with Gasteiger partial charge in [0.15, 0.2) is 0 Å². The SMILES string of the molecule is CCC(Br)c1nc(-c2ccnc(C)n2)no1. The van der Waals surface area contributed by atoms with E-state index in [9.17, 15) is 0 Å². The van der Waals surface area contributed by atoms with Crippen LogP contribution in [0.3, 0.4) is 0 Å². The van der Waals surface area contributed by atoms with Gasteiger partial charge in [0, 0.05) is 6.20 Å². The number of hydrogen-bond acceptors (Lipinski definition) is 5. The monoisotopic (exact) mass is 282 g/mol. The van der Waals surface area contributed by atoms with Crippen molar-refractivity contribution in [1.29, 1.82) is 0 Å². The smallest absolute Gasteiger partial charge is 0.240 e. The number of hydrogen-bond donors (Lipinski definition) is 0. The van der Waals surface area contributed by atoms with Crippen LogP contribution in [0.5, 0.6) is 0 Å². The van der Waals surface area contributed by atoms with Gasteiger partial charge in [-0.25, -0.2) is 9.97 Å². The zero-order valence-electron chi connectivity index (χ0n) is 9.01. The number of nitrogens with zero attached hydrogens (tertiary/aromatic N) is 4. The molecule has 2 heterocycles. The number of alkyl halides is 1. The maximum Gasteiger partial charge on any atom is 0.240 e. The molecule has 0 aliphatic carbocycles. The van der Waals surface area contributed by atoms with Crippen LogP contribution in [-0.2, 0) is 0 Å². The highest BCUT2D eigenvalue weighted by molar-refractivity contribution is 9.09. The maximum atomic E-state index is 5.14. The van der Waals surface area contributed by atoms with Gasteiger partial charge in [0.05, 0.1) is 4.83 Å². The van der Waals surface area contributed by atoms with E-state index < -0.39 is 0 Å². The van der Waals surface area contributed by atoms with E-state index in [0.717, 1.165) is 6.42 Å². The van der Waals surface area contributed by atoms with E-state index in [1.807, 2.05) is 13.8 Å². The second-order valence-electron chi connectivity index (χ2n) is 3.32. The summed E-state index contributed by atoms with van der Waals surface area (Å²) in [5, 5.41) is 3.89. The summed E-state index contributed by atoms with van der Waals surface area (Å²) in [6.45, 7) is 3.86. The molecule has 0 saturated heterocycles. The van der Waals surface area contributed by atoms with Gasteiger partial charge >= 0.3 is 0 Å². The van der Waals surface area contributed by atoms with E-state index >= 15 is 0 Å². The molecule has 5 nitrogen and oxygen atoms in total. The number of aryl methyl sites for hydroxylation is 1. The third kappa shape index (κ3) is 2.27. The fourth-order valence-corrected chi connectivity index (χ4v) is 1.41. The molecule has 0 aliphatic heterocycles. The lowest BCUT2D eigenvalue weighted by molar-refractivity contribution is 0.376. The number of aromatic nitrogens is 4. The lowest BCUT2D eigenvalue weighted by atomic mass is 10.3. The summed E-state index contributed by atoms with van der Waals surface area (Å²) < 4.78 is 5.14. The van der Waals surface area contributed by atoms with Crippen LogP contribution in [0.25, 0.3) is 11.5 Å². The van der Waals surface area contributed by atoms with E-state index in [1.165, 1.54) is 0 Å². The van der Waals surface area contributed by atoms with Gasteiger partial charge in [-0.1, -0.05) is 28.0 Å². The quantitative estimate of drug-likeness (QED) is 0.810. The van der Waals surface area contributed by atoms with Crippen molar-refractivity contribution in [3.8, 4) is 11.5 Å². The van der Waals surface area contributed by atoms with E-state index in [2.05, 4.69) is 36.0 Å². The van der Waals surface area contributed by atoms with E-state index in [1.54, 1.807) is 12.3 Å².